The van der Waals surface area contributed by atoms with Crippen LogP contribution >= 0.6 is 0 Å². The van der Waals surface area contributed by atoms with Crippen LogP contribution in [-0.2, 0) is 19.1 Å². The van der Waals surface area contributed by atoms with E-state index in [-0.39, 0.29) is 35.7 Å². The molecule has 3 aromatic carbocycles. The van der Waals surface area contributed by atoms with Gasteiger partial charge in [-0.2, -0.15) is 4.98 Å². The standard InChI is InChI=1S/C52H57N11O8/c1-27(2)43(58-51(66)68-6)48(64)61-19-9-13-39(61)46-53-25-36(56-46)30-16-18-38-34(21-30)23-41-35-17-15-31(24-42(35)70-50(63(38)41)33-12-8-11-32(22-33)45-55-29(5)71-60-45)37-26-54-47(57-37)40-14-10-20-62(40)49(65)44(28(3)4)59-52(67)69-7/h8,11-12,15-18,21-28,39-40,43-44,50H,9-10,13-14,19-20H2,1-7H3,(H,53,56)(H,54,57)(H,58,66)(H,59,67)/t39-,40-,43-,44-,50?/m0/s1. The Hall–Kier alpha value is -7.96. The minimum absolute atomic E-state index is 0.145. The third-order valence-corrected chi connectivity index (χ3v) is 13.8. The Balaban J connectivity index is 0.978. The summed E-state index contributed by atoms with van der Waals surface area (Å²) in [6.45, 7) is 10.4. The molecule has 0 radical (unpaired) electrons. The van der Waals surface area contributed by atoms with E-state index in [9.17, 15) is 19.2 Å². The van der Waals surface area contributed by atoms with Crippen LogP contribution in [0, 0.1) is 18.8 Å². The molecule has 4 aromatic heterocycles. The zero-order valence-electron chi connectivity index (χ0n) is 40.7. The van der Waals surface area contributed by atoms with Crippen molar-refractivity contribution >= 4 is 34.9 Å². The van der Waals surface area contributed by atoms with Crippen molar-refractivity contribution in [3.8, 4) is 50.9 Å². The van der Waals surface area contributed by atoms with E-state index < -0.39 is 30.5 Å². The largest absolute Gasteiger partial charge is 0.465 e. The fraction of sp³-hybridized carbons (Fsp3) is 0.385. The zero-order valence-corrected chi connectivity index (χ0v) is 40.7. The van der Waals surface area contributed by atoms with Crippen molar-refractivity contribution in [2.45, 2.75) is 90.7 Å². The molecule has 0 saturated carbocycles. The number of rotatable bonds is 12. The predicted molar refractivity (Wildman–Crippen MR) is 261 cm³/mol. The fourth-order valence-electron chi connectivity index (χ4n) is 10.2. The summed E-state index contributed by atoms with van der Waals surface area (Å²) in [6.07, 6.45) is 4.78. The molecule has 0 bridgehead atoms. The molecular formula is C52H57N11O8. The lowest BCUT2D eigenvalue weighted by molar-refractivity contribution is -0.136. The molecular weight excluding hydrogens is 907 g/mol. The monoisotopic (exact) mass is 963 g/mol. The van der Waals surface area contributed by atoms with Gasteiger partial charge in [-0.25, -0.2) is 19.6 Å². The van der Waals surface area contributed by atoms with Crippen molar-refractivity contribution < 1.29 is 37.9 Å². The van der Waals surface area contributed by atoms with Crippen molar-refractivity contribution in [3.05, 3.63) is 102 Å². The number of carbonyl (C=O) groups is 4. The molecule has 3 aliphatic rings. The molecule has 3 aliphatic heterocycles. The second-order valence-corrected chi connectivity index (χ2v) is 19.1. The first-order valence-electron chi connectivity index (χ1n) is 24.1. The number of ether oxygens (including phenoxy) is 3. The van der Waals surface area contributed by atoms with Gasteiger partial charge < -0.3 is 53.7 Å². The van der Waals surface area contributed by atoms with Crippen LogP contribution in [0.5, 0.6) is 5.75 Å². The normalized spacial score (nSPS) is 18.3. The lowest BCUT2D eigenvalue weighted by Crippen LogP contribution is -2.51. The molecule has 10 rings (SSSR count). The smallest absolute Gasteiger partial charge is 0.407 e. The number of alkyl carbamates (subject to hydrolysis) is 2. The van der Waals surface area contributed by atoms with Crippen molar-refractivity contribution in [2.75, 3.05) is 27.3 Å². The Morgan fingerprint density at radius 2 is 1.32 bits per heavy atom. The van der Waals surface area contributed by atoms with Crippen LogP contribution in [0.3, 0.4) is 0 Å². The summed E-state index contributed by atoms with van der Waals surface area (Å²) in [4.78, 5) is 76.8. The molecule has 1 unspecified atom stereocenters. The Kier molecular flexibility index (Phi) is 12.6. The van der Waals surface area contributed by atoms with E-state index in [2.05, 4.69) is 65.6 Å². The molecule has 0 spiro atoms. The number of carbonyl (C=O) groups excluding carboxylic acids is 4. The number of benzene rings is 3. The summed E-state index contributed by atoms with van der Waals surface area (Å²) >= 11 is 0. The number of amides is 4. The fourth-order valence-corrected chi connectivity index (χ4v) is 10.2. The number of nitrogens with one attached hydrogen (secondary N) is 4. The van der Waals surface area contributed by atoms with Crippen LogP contribution in [-0.4, -0.2) is 108 Å². The number of imidazole rings is 2. The Morgan fingerprint density at radius 1 is 0.732 bits per heavy atom. The highest BCUT2D eigenvalue weighted by Gasteiger charge is 2.39. The number of aromatic nitrogens is 7. The number of nitrogens with zero attached hydrogens (tertiary/aromatic N) is 7. The molecule has 4 amide bonds. The van der Waals surface area contributed by atoms with Crippen molar-refractivity contribution in [3.63, 3.8) is 0 Å². The predicted octanol–water partition coefficient (Wildman–Crippen LogP) is 8.47. The minimum Gasteiger partial charge on any atom is -0.465 e. The second kappa shape index (κ2) is 19.1. The number of hydrogen-bond donors (Lipinski definition) is 4. The van der Waals surface area contributed by atoms with Crippen LogP contribution in [0.15, 0.2) is 83.6 Å². The van der Waals surface area contributed by atoms with Gasteiger partial charge in [0.25, 0.3) is 0 Å². The summed E-state index contributed by atoms with van der Waals surface area (Å²) in [5.74, 6) is 2.32. The summed E-state index contributed by atoms with van der Waals surface area (Å²) in [5, 5.41) is 10.6. The first kappa shape index (κ1) is 46.8. The number of aryl methyl sites for hydroxylation is 1. The number of hydrogen-bond acceptors (Lipinski definition) is 12. The van der Waals surface area contributed by atoms with Crippen molar-refractivity contribution in [1.82, 2.24) is 55.1 Å². The van der Waals surface area contributed by atoms with E-state index in [4.69, 9.17) is 28.7 Å². The third-order valence-electron chi connectivity index (χ3n) is 13.8. The van der Waals surface area contributed by atoms with E-state index in [1.165, 1.54) is 14.2 Å². The number of methoxy groups -OCH3 is 2. The maximum atomic E-state index is 13.9. The quantitative estimate of drug-likeness (QED) is 0.0904. The highest BCUT2D eigenvalue weighted by molar-refractivity contribution is 5.93. The summed E-state index contributed by atoms with van der Waals surface area (Å²) in [5.41, 5.74) is 7.79. The Morgan fingerprint density at radius 3 is 1.89 bits per heavy atom. The van der Waals surface area contributed by atoms with Crippen molar-refractivity contribution in [1.29, 1.82) is 0 Å². The minimum atomic E-state index is -0.741. The number of fused-ring (bicyclic) bond motifs is 5. The molecule has 19 heteroatoms. The van der Waals surface area contributed by atoms with Gasteiger partial charge in [0.05, 0.1) is 61.3 Å². The van der Waals surface area contributed by atoms with Gasteiger partial charge in [0.1, 0.15) is 29.5 Å². The van der Waals surface area contributed by atoms with Gasteiger partial charge >= 0.3 is 12.2 Å². The summed E-state index contributed by atoms with van der Waals surface area (Å²) in [7, 11) is 2.57. The summed E-state index contributed by atoms with van der Waals surface area (Å²) < 4.78 is 24.2. The molecule has 2 fully saturated rings. The highest BCUT2D eigenvalue weighted by Crippen LogP contribution is 2.47. The number of H-pyrrole nitrogens is 2. The van der Waals surface area contributed by atoms with Crippen LogP contribution in [0.1, 0.15) is 94.8 Å². The topological polar surface area (TPSA) is 228 Å². The average molecular weight is 964 g/mol. The van der Waals surface area contributed by atoms with E-state index in [1.807, 2.05) is 70.3 Å². The number of aromatic amines is 2. The first-order chi connectivity index (χ1) is 34.3. The molecule has 368 valence electrons. The van der Waals surface area contributed by atoms with E-state index >= 15 is 0 Å². The Labute approximate surface area is 409 Å². The van der Waals surface area contributed by atoms with Crippen molar-refractivity contribution in [2.24, 2.45) is 11.8 Å². The first-order valence-corrected chi connectivity index (χ1v) is 24.1. The lowest BCUT2D eigenvalue weighted by Gasteiger charge is -2.31. The Bertz CT molecular complexity index is 3150. The van der Waals surface area contributed by atoms with Crippen LogP contribution in [0.2, 0.25) is 0 Å². The van der Waals surface area contributed by atoms with Gasteiger partial charge in [0.15, 0.2) is 0 Å². The highest BCUT2D eigenvalue weighted by atomic mass is 16.5. The number of likely N-dealkylation sites (tertiary alicyclic amines) is 2. The molecule has 5 atom stereocenters. The maximum Gasteiger partial charge on any atom is 0.407 e. The molecule has 7 aromatic rings. The second-order valence-electron chi connectivity index (χ2n) is 19.1. The molecule has 4 N–H and O–H groups in total. The van der Waals surface area contributed by atoms with Crippen LogP contribution < -0.4 is 15.4 Å². The van der Waals surface area contributed by atoms with E-state index in [1.54, 1.807) is 22.9 Å². The van der Waals surface area contributed by atoms with Gasteiger partial charge in [-0.05, 0) is 73.9 Å². The van der Waals surface area contributed by atoms with Gasteiger partial charge in [-0.3, -0.25) is 9.59 Å². The summed E-state index contributed by atoms with van der Waals surface area (Å²) in [6, 6.07) is 20.5. The molecule has 71 heavy (non-hydrogen) atoms. The van der Waals surface area contributed by atoms with Gasteiger partial charge in [-0.1, -0.05) is 63.2 Å². The van der Waals surface area contributed by atoms with E-state index in [0.29, 0.717) is 42.2 Å². The maximum absolute atomic E-state index is 13.9. The average Bonchev–Trinajstić information content (AvgIpc) is 4.24. The third kappa shape index (κ3) is 8.84. The van der Waals surface area contributed by atoms with Gasteiger partial charge in [0.2, 0.25) is 29.8 Å². The molecule has 19 nitrogen and oxygen atoms in total. The SMILES string of the molecule is COC(=O)N[C@H](C(=O)N1CCC[C@H]1c1ncc(-c2ccc3c(c2)OC(c2cccc(-c4noc(C)n4)c2)n2c-3cc3cc(-c4cnc([C@@H]5CCCN5C(=O)[C@@H](NC(=O)OC)C(C)C)[nH]4)ccc32)[nH]1)C(C)C. The molecule has 0 aliphatic carbocycles. The van der Waals surface area contributed by atoms with Gasteiger partial charge in [-0.15, -0.1) is 0 Å². The van der Waals surface area contributed by atoms with E-state index in [0.717, 1.165) is 81.5 Å². The van der Waals surface area contributed by atoms with Gasteiger partial charge in [0, 0.05) is 53.2 Å². The zero-order chi connectivity index (χ0) is 49.7. The van der Waals surface area contributed by atoms with Crippen LogP contribution in [0.25, 0.3) is 56.1 Å². The lowest BCUT2D eigenvalue weighted by atomic mass is 10.0. The molecule has 7 heterocycles. The van der Waals surface area contributed by atoms with Crippen LogP contribution in [0.4, 0.5) is 9.59 Å². The molecule has 2 saturated heterocycles.